The number of hydrogen-bond acceptors (Lipinski definition) is 2. The van der Waals surface area contributed by atoms with Gasteiger partial charge in [0.15, 0.2) is 0 Å². The van der Waals surface area contributed by atoms with E-state index in [4.69, 9.17) is 5.73 Å². The molecule has 1 heterocycles. The lowest BCUT2D eigenvalue weighted by Gasteiger charge is -2.01. The van der Waals surface area contributed by atoms with Crippen LogP contribution in [0.25, 0.3) is 6.08 Å². The summed E-state index contributed by atoms with van der Waals surface area (Å²) in [5, 5.41) is 0. The van der Waals surface area contributed by atoms with Gasteiger partial charge in [-0.05, 0) is 24.1 Å². The number of aryl methyl sites for hydroxylation is 1. The zero-order chi connectivity index (χ0) is 10.3. The Morgan fingerprint density at radius 1 is 1.46 bits per heavy atom. The molecule has 0 aliphatic rings. The van der Waals surface area contributed by atoms with E-state index in [1.54, 1.807) is 6.08 Å². The molecule has 2 nitrogen and oxygen atoms in total. The first-order chi connectivity index (χ1) is 6.27. The van der Waals surface area contributed by atoms with Crippen LogP contribution in [0, 0.1) is 0 Å². The van der Waals surface area contributed by atoms with E-state index in [0.717, 1.165) is 12.1 Å². The van der Waals surface area contributed by atoms with E-state index in [-0.39, 0.29) is 0 Å². The highest BCUT2D eigenvalue weighted by Gasteiger charge is 1.97. The van der Waals surface area contributed by atoms with Crippen LogP contribution >= 0.6 is 0 Å². The molecule has 0 spiro atoms. The Morgan fingerprint density at radius 2 is 2.08 bits per heavy atom. The predicted octanol–water partition coefficient (Wildman–Crippen LogP) is 2.90. The van der Waals surface area contributed by atoms with Gasteiger partial charge in [-0.1, -0.05) is 33.4 Å². The molecule has 0 atom stereocenters. The van der Waals surface area contributed by atoms with Gasteiger partial charge < -0.3 is 5.73 Å². The minimum Gasteiger partial charge on any atom is -0.384 e. The van der Waals surface area contributed by atoms with Crippen molar-refractivity contribution in [1.29, 1.82) is 0 Å². The van der Waals surface area contributed by atoms with Crippen molar-refractivity contribution in [2.24, 2.45) is 0 Å². The van der Waals surface area contributed by atoms with Crippen LogP contribution in [0.2, 0.25) is 0 Å². The molecule has 72 valence electrons. The maximum Gasteiger partial charge on any atom is 0.124 e. The Morgan fingerprint density at radius 3 is 2.54 bits per heavy atom. The summed E-state index contributed by atoms with van der Waals surface area (Å²) in [4.78, 5) is 4.12. The molecule has 0 aromatic carbocycles. The van der Waals surface area contributed by atoms with Crippen molar-refractivity contribution in [3.63, 3.8) is 0 Å². The van der Waals surface area contributed by atoms with E-state index >= 15 is 0 Å². The van der Waals surface area contributed by atoms with E-state index in [0.29, 0.717) is 5.82 Å². The molecule has 1 rings (SSSR count). The molecular weight excluding hydrogens is 160 g/mol. The van der Waals surface area contributed by atoms with Crippen molar-refractivity contribution in [3.05, 3.63) is 30.0 Å². The summed E-state index contributed by atoms with van der Waals surface area (Å²) in [7, 11) is 0. The third-order valence-electron chi connectivity index (χ3n) is 1.61. The van der Waals surface area contributed by atoms with Crippen LogP contribution in [0.5, 0.6) is 0 Å². The Hall–Kier alpha value is -1.31. The van der Waals surface area contributed by atoms with E-state index in [1.165, 1.54) is 5.56 Å². The van der Waals surface area contributed by atoms with E-state index < -0.39 is 0 Å². The van der Waals surface area contributed by atoms with E-state index in [1.807, 2.05) is 26.0 Å². The fourth-order valence-electron chi connectivity index (χ4n) is 0.995. The second-order valence-electron chi connectivity index (χ2n) is 2.34. The van der Waals surface area contributed by atoms with Crippen molar-refractivity contribution in [3.8, 4) is 0 Å². The number of aromatic nitrogens is 1. The summed E-state index contributed by atoms with van der Waals surface area (Å²) in [6.45, 7) is 9.75. The molecule has 1 aromatic heterocycles. The van der Waals surface area contributed by atoms with Gasteiger partial charge in [-0.15, -0.1) is 0 Å². The average molecular weight is 178 g/mol. The van der Waals surface area contributed by atoms with Gasteiger partial charge in [0, 0.05) is 0 Å². The fourth-order valence-corrected chi connectivity index (χ4v) is 0.995. The van der Waals surface area contributed by atoms with Crippen LogP contribution < -0.4 is 5.73 Å². The average Bonchev–Trinajstić information content (AvgIpc) is 2.20. The SMILES string of the molecule is C=Cc1nc(N)ccc1CC.CC. The minimum absolute atomic E-state index is 0.553. The minimum atomic E-state index is 0.553. The monoisotopic (exact) mass is 178 g/mol. The highest BCUT2D eigenvalue weighted by atomic mass is 14.8. The van der Waals surface area contributed by atoms with Crippen molar-refractivity contribution < 1.29 is 0 Å². The van der Waals surface area contributed by atoms with Gasteiger partial charge in [-0.2, -0.15) is 0 Å². The summed E-state index contributed by atoms with van der Waals surface area (Å²) >= 11 is 0. The summed E-state index contributed by atoms with van der Waals surface area (Å²) < 4.78 is 0. The van der Waals surface area contributed by atoms with Crippen molar-refractivity contribution >= 4 is 11.9 Å². The van der Waals surface area contributed by atoms with Crippen LogP contribution in [0.4, 0.5) is 5.82 Å². The largest absolute Gasteiger partial charge is 0.384 e. The number of hydrogen-bond donors (Lipinski definition) is 1. The lowest BCUT2D eigenvalue weighted by Crippen LogP contribution is -1.95. The van der Waals surface area contributed by atoms with Crippen LogP contribution in [-0.4, -0.2) is 4.98 Å². The molecule has 0 saturated heterocycles. The maximum atomic E-state index is 5.50. The third kappa shape index (κ3) is 3.28. The number of nitrogens with two attached hydrogens (primary N) is 1. The second-order valence-corrected chi connectivity index (χ2v) is 2.34. The molecule has 13 heavy (non-hydrogen) atoms. The molecular formula is C11H18N2. The molecule has 0 unspecified atom stereocenters. The van der Waals surface area contributed by atoms with Crippen LogP contribution in [0.3, 0.4) is 0 Å². The zero-order valence-corrected chi connectivity index (χ0v) is 8.67. The van der Waals surface area contributed by atoms with E-state index in [9.17, 15) is 0 Å². The predicted molar refractivity (Wildman–Crippen MR) is 59.5 cm³/mol. The Kier molecular flexibility index (Phi) is 5.60. The standard InChI is InChI=1S/C9H12N2.C2H6/c1-3-7-5-6-9(10)11-8(7)4-2;1-2/h4-6H,2-3H2,1H3,(H2,10,11);1-2H3. The van der Waals surface area contributed by atoms with Crippen molar-refractivity contribution in [1.82, 2.24) is 4.98 Å². The van der Waals surface area contributed by atoms with Gasteiger partial charge >= 0.3 is 0 Å². The zero-order valence-electron chi connectivity index (χ0n) is 8.67. The first-order valence-corrected chi connectivity index (χ1v) is 4.65. The van der Waals surface area contributed by atoms with Gasteiger partial charge in [0.1, 0.15) is 5.82 Å². The van der Waals surface area contributed by atoms with Crippen molar-refractivity contribution in [2.75, 3.05) is 5.73 Å². The topological polar surface area (TPSA) is 38.9 Å². The molecule has 1 aromatic rings. The second kappa shape index (κ2) is 6.23. The highest BCUT2D eigenvalue weighted by Crippen LogP contribution is 2.10. The number of rotatable bonds is 2. The van der Waals surface area contributed by atoms with Crippen LogP contribution in [0.1, 0.15) is 32.0 Å². The van der Waals surface area contributed by atoms with Crippen LogP contribution in [-0.2, 0) is 6.42 Å². The Bertz CT molecular complexity index is 267. The fraction of sp³-hybridized carbons (Fsp3) is 0.364. The third-order valence-corrected chi connectivity index (χ3v) is 1.61. The molecule has 0 aliphatic heterocycles. The highest BCUT2D eigenvalue weighted by molar-refractivity contribution is 5.50. The molecule has 0 saturated carbocycles. The van der Waals surface area contributed by atoms with E-state index in [2.05, 4.69) is 18.5 Å². The number of nitrogens with zero attached hydrogens (tertiary/aromatic N) is 1. The molecule has 0 amide bonds. The summed E-state index contributed by atoms with van der Waals surface area (Å²) in [6.07, 6.45) is 2.70. The van der Waals surface area contributed by atoms with Gasteiger partial charge in [0.2, 0.25) is 0 Å². The first kappa shape index (κ1) is 11.7. The lowest BCUT2D eigenvalue weighted by molar-refractivity contribution is 1.09. The molecule has 2 N–H and O–H groups in total. The number of anilines is 1. The lowest BCUT2D eigenvalue weighted by atomic mass is 10.1. The molecule has 0 radical (unpaired) electrons. The molecule has 2 heteroatoms. The number of pyridine rings is 1. The number of nitrogen functional groups attached to an aromatic ring is 1. The normalized spacial score (nSPS) is 8.54. The van der Waals surface area contributed by atoms with Gasteiger partial charge in [-0.25, -0.2) is 4.98 Å². The Balaban J connectivity index is 0.000000671. The van der Waals surface area contributed by atoms with Gasteiger partial charge in [0.05, 0.1) is 5.69 Å². The molecule has 0 bridgehead atoms. The van der Waals surface area contributed by atoms with Crippen LogP contribution in [0.15, 0.2) is 18.7 Å². The van der Waals surface area contributed by atoms with Gasteiger partial charge in [-0.3, -0.25) is 0 Å². The smallest absolute Gasteiger partial charge is 0.124 e. The molecule has 0 aliphatic carbocycles. The quantitative estimate of drug-likeness (QED) is 0.756. The van der Waals surface area contributed by atoms with Crippen molar-refractivity contribution in [2.45, 2.75) is 27.2 Å². The first-order valence-electron chi connectivity index (χ1n) is 4.65. The summed E-state index contributed by atoms with van der Waals surface area (Å²) in [5.41, 5.74) is 7.58. The summed E-state index contributed by atoms with van der Waals surface area (Å²) in [6, 6.07) is 3.80. The summed E-state index contributed by atoms with van der Waals surface area (Å²) in [5.74, 6) is 0.553. The van der Waals surface area contributed by atoms with Gasteiger partial charge in [0.25, 0.3) is 0 Å². The Labute approximate surface area is 80.5 Å². The molecule has 0 fully saturated rings. The maximum absolute atomic E-state index is 5.50.